The average Bonchev–Trinajstić information content (AvgIpc) is 2.54. The Balaban J connectivity index is 1.76. The molecule has 2 aromatic rings. The van der Waals surface area contributed by atoms with Crippen LogP contribution in [0.4, 0.5) is 11.4 Å². The molecule has 0 bridgehead atoms. The Morgan fingerprint density at radius 3 is 1.95 bits per heavy atom. The fourth-order valence-corrected chi connectivity index (χ4v) is 2.22. The van der Waals surface area contributed by atoms with E-state index in [0.29, 0.717) is 5.69 Å². The van der Waals surface area contributed by atoms with Crippen LogP contribution in [0.3, 0.4) is 0 Å². The van der Waals surface area contributed by atoms with Gasteiger partial charge >= 0.3 is 0 Å². The third-order valence-corrected chi connectivity index (χ3v) is 3.64. The van der Waals surface area contributed by atoms with Crippen molar-refractivity contribution < 1.29 is 0 Å². The van der Waals surface area contributed by atoms with E-state index >= 15 is 0 Å². The summed E-state index contributed by atoms with van der Waals surface area (Å²) in [5.74, 6) is 0. The van der Waals surface area contributed by atoms with Gasteiger partial charge in [-0.2, -0.15) is 0 Å². The Hall–Kier alpha value is -2.49. The summed E-state index contributed by atoms with van der Waals surface area (Å²) in [6.45, 7) is 2.01. The maximum absolute atomic E-state index is 8.38. The van der Waals surface area contributed by atoms with Crippen molar-refractivity contribution in [2.24, 2.45) is 5.11 Å². The highest BCUT2D eigenvalue weighted by atomic mass is 15.1. The Kier molecular flexibility index (Phi) is 5.83. The first kappa shape index (κ1) is 15.9. The molecule has 2 N–H and O–H groups in total. The molecule has 0 radical (unpaired) electrons. The molecule has 2 aromatic carbocycles. The van der Waals surface area contributed by atoms with Gasteiger partial charge in [-0.05, 0) is 48.7 Å². The minimum absolute atomic E-state index is 0.656. The van der Waals surface area contributed by atoms with Gasteiger partial charge in [-0.15, -0.1) is 0 Å². The molecule has 0 unspecified atom stereocenters. The first-order valence-electron chi connectivity index (χ1n) is 7.34. The van der Waals surface area contributed by atoms with E-state index in [0.717, 1.165) is 31.6 Å². The zero-order chi connectivity index (χ0) is 15.8. The van der Waals surface area contributed by atoms with Crippen LogP contribution < -0.4 is 5.73 Å². The molecule has 0 saturated heterocycles. The largest absolute Gasteiger partial charge is 0.399 e. The number of azide groups is 1. The standard InChI is InChI=1S/C17H21N5/c1-22(12-10-14-2-6-16(18)7-3-14)13-11-15-4-8-17(9-5-15)20-21-19/h2-9H,10-13,18H2,1H3. The van der Waals surface area contributed by atoms with Crippen LogP contribution >= 0.6 is 0 Å². The van der Waals surface area contributed by atoms with E-state index in [1.165, 1.54) is 11.1 Å². The number of likely N-dealkylation sites (N-methyl/N-ethyl adjacent to an activating group) is 1. The summed E-state index contributed by atoms with van der Waals surface area (Å²) in [4.78, 5) is 5.09. The third-order valence-electron chi connectivity index (χ3n) is 3.64. The van der Waals surface area contributed by atoms with Crippen molar-refractivity contribution in [2.45, 2.75) is 12.8 Å². The molecule has 0 spiro atoms. The molecule has 0 aliphatic carbocycles. The number of nitrogens with two attached hydrogens (primary N) is 1. The van der Waals surface area contributed by atoms with Crippen LogP contribution in [0.15, 0.2) is 53.6 Å². The maximum Gasteiger partial charge on any atom is 0.0375 e. The SMILES string of the molecule is CN(CCc1ccc(N)cc1)CCc1ccc(N=[N+]=[N-])cc1. The number of hydrogen-bond acceptors (Lipinski definition) is 3. The van der Waals surface area contributed by atoms with E-state index in [1.807, 2.05) is 36.4 Å². The molecule has 0 aromatic heterocycles. The molecule has 0 atom stereocenters. The third kappa shape index (κ3) is 5.13. The highest BCUT2D eigenvalue weighted by Gasteiger charge is 2.01. The Morgan fingerprint density at radius 2 is 1.45 bits per heavy atom. The Labute approximate surface area is 131 Å². The fraction of sp³-hybridized carbons (Fsp3) is 0.294. The Bertz CT molecular complexity index is 627. The molecule has 22 heavy (non-hydrogen) atoms. The first-order valence-corrected chi connectivity index (χ1v) is 7.34. The first-order chi connectivity index (χ1) is 10.7. The van der Waals surface area contributed by atoms with Crippen molar-refractivity contribution in [3.8, 4) is 0 Å². The van der Waals surface area contributed by atoms with Crippen molar-refractivity contribution >= 4 is 11.4 Å². The number of rotatable bonds is 7. The lowest BCUT2D eigenvalue weighted by Crippen LogP contribution is -2.23. The maximum atomic E-state index is 8.38. The van der Waals surface area contributed by atoms with E-state index in [9.17, 15) is 0 Å². The quantitative estimate of drug-likeness (QED) is 0.363. The van der Waals surface area contributed by atoms with Crippen molar-refractivity contribution in [3.05, 3.63) is 70.1 Å². The molecule has 5 nitrogen and oxygen atoms in total. The molecular formula is C17H21N5. The van der Waals surface area contributed by atoms with Gasteiger partial charge in [0.25, 0.3) is 0 Å². The second-order valence-corrected chi connectivity index (χ2v) is 5.40. The van der Waals surface area contributed by atoms with Crippen LogP contribution in [0.2, 0.25) is 0 Å². The van der Waals surface area contributed by atoms with Crippen LogP contribution in [-0.4, -0.2) is 25.0 Å². The predicted molar refractivity (Wildman–Crippen MR) is 91.0 cm³/mol. The molecule has 0 amide bonds. The predicted octanol–water partition coefficient (Wildman–Crippen LogP) is 3.93. The summed E-state index contributed by atoms with van der Waals surface area (Å²) in [7, 11) is 2.13. The smallest absolute Gasteiger partial charge is 0.0375 e. The van der Waals surface area contributed by atoms with Crippen molar-refractivity contribution in [1.29, 1.82) is 0 Å². The zero-order valence-electron chi connectivity index (χ0n) is 12.8. The van der Waals surface area contributed by atoms with Crippen LogP contribution in [-0.2, 0) is 12.8 Å². The average molecular weight is 295 g/mol. The summed E-state index contributed by atoms with van der Waals surface area (Å²) in [5, 5.41) is 3.57. The van der Waals surface area contributed by atoms with Gasteiger partial charge in [0.2, 0.25) is 0 Å². The molecule has 5 heteroatoms. The van der Waals surface area contributed by atoms with Gasteiger partial charge in [-0.3, -0.25) is 0 Å². The normalized spacial score (nSPS) is 10.5. The van der Waals surface area contributed by atoms with E-state index < -0.39 is 0 Å². The van der Waals surface area contributed by atoms with Gasteiger partial charge < -0.3 is 10.6 Å². The molecule has 0 aliphatic rings. The van der Waals surface area contributed by atoms with Crippen LogP contribution in [0.1, 0.15) is 11.1 Å². The number of benzene rings is 2. The molecular weight excluding hydrogens is 274 g/mol. The van der Waals surface area contributed by atoms with E-state index in [4.69, 9.17) is 11.3 Å². The van der Waals surface area contributed by atoms with Crippen LogP contribution in [0.5, 0.6) is 0 Å². The van der Waals surface area contributed by atoms with Gasteiger partial charge in [0.15, 0.2) is 0 Å². The second kappa shape index (κ2) is 8.08. The van der Waals surface area contributed by atoms with Crippen LogP contribution in [0, 0.1) is 0 Å². The van der Waals surface area contributed by atoms with Gasteiger partial charge in [-0.25, -0.2) is 0 Å². The lowest BCUT2D eigenvalue weighted by molar-refractivity contribution is 0.343. The summed E-state index contributed by atoms with van der Waals surface area (Å²) in [5.41, 5.74) is 18.1. The molecule has 2 rings (SSSR count). The van der Waals surface area contributed by atoms with Crippen LogP contribution in [0.25, 0.3) is 10.4 Å². The van der Waals surface area contributed by atoms with Crippen molar-refractivity contribution in [2.75, 3.05) is 25.9 Å². The lowest BCUT2D eigenvalue weighted by Gasteiger charge is -2.16. The number of nitrogen functional groups attached to an aromatic ring is 1. The second-order valence-electron chi connectivity index (χ2n) is 5.40. The topological polar surface area (TPSA) is 78.0 Å². The van der Waals surface area contributed by atoms with Gasteiger partial charge in [0.1, 0.15) is 0 Å². The highest BCUT2D eigenvalue weighted by Crippen LogP contribution is 2.13. The minimum atomic E-state index is 0.656. The summed E-state index contributed by atoms with van der Waals surface area (Å²) < 4.78 is 0. The number of anilines is 1. The highest BCUT2D eigenvalue weighted by molar-refractivity contribution is 5.39. The summed E-state index contributed by atoms with van der Waals surface area (Å²) in [6.07, 6.45) is 2.00. The summed E-state index contributed by atoms with van der Waals surface area (Å²) >= 11 is 0. The number of nitrogens with zero attached hydrogens (tertiary/aromatic N) is 4. The Morgan fingerprint density at radius 1 is 0.955 bits per heavy atom. The fourth-order valence-electron chi connectivity index (χ4n) is 2.22. The molecule has 0 heterocycles. The minimum Gasteiger partial charge on any atom is -0.399 e. The molecule has 0 fully saturated rings. The van der Waals surface area contributed by atoms with Crippen molar-refractivity contribution in [1.82, 2.24) is 4.90 Å². The zero-order valence-corrected chi connectivity index (χ0v) is 12.8. The van der Waals surface area contributed by atoms with Gasteiger partial charge in [0, 0.05) is 29.4 Å². The van der Waals surface area contributed by atoms with E-state index in [2.05, 4.69) is 34.1 Å². The summed E-state index contributed by atoms with van der Waals surface area (Å²) in [6, 6.07) is 15.8. The number of hydrogen-bond donors (Lipinski definition) is 1. The molecule has 0 aliphatic heterocycles. The molecule has 114 valence electrons. The molecule has 0 saturated carbocycles. The lowest BCUT2D eigenvalue weighted by atomic mass is 10.1. The van der Waals surface area contributed by atoms with Crippen molar-refractivity contribution in [3.63, 3.8) is 0 Å². The van der Waals surface area contributed by atoms with E-state index in [1.54, 1.807) is 0 Å². The monoisotopic (exact) mass is 295 g/mol. The van der Waals surface area contributed by atoms with Gasteiger partial charge in [-0.1, -0.05) is 41.5 Å². The van der Waals surface area contributed by atoms with Gasteiger partial charge in [0.05, 0.1) is 0 Å². The van der Waals surface area contributed by atoms with E-state index in [-0.39, 0.29) is 0 Å².